The Hall–Kier alpha value is -0.390. The molecule has 5 heteroatoms. The van der Waals surface area contributed by atoms with E-state index in [1.54, 1.807) is 12.1 Å². The predicted molar refractivity (Wildman–Crippen MR) is 60.8 cm³/mol. The fourth-order valence-corrected chi connectivity index (χ4v) is 2.35. The molecule has 0 spiro atoms. The van der Waals surface area contributed by atoms with E-state index in [4.69, 9.17) is 5.73 Å². The molecule has 0 heterocycles. The van der Waals surface area contributed by atoms with Crippen molar-refractivity contribution in [3.8, 4) is 0 Å². The van der Waals surface area contributed by atoms with Crippen molar-refractivity contribution in [2.24, 2.45) is 5.73 Å². The van der Waals surface area contributed by atoms with Gasteiger partial charge in [-0.05, 0) is 23.8 Å². The molecule has 2 N–H and O–H groups in total. The van der Waals surface area contributed by atoms with Gasteiger partial charge in [0.2, 0.25) is 0 Å². The van der Waals surface area contributed by atoms with E-state index in [0.29, 0.717) is 5.56 Å². The van der Waals surface area contributed by atoms with Crippen LogP contribution in [0.2, 0.25) is 0 Å². The number of methoxy groups -OCH3 is 1. The number of hydrogen-bond donors (Lipinski definition) is 1. The first-order valence-corrected chi connectivity index (χ1v) is 5.42. The zero-order valence-corrected chi connectivity index (χ0v) is 10.6. The van der Waals surface area contributed by atoms with E-state index in [2.05, 4.69) is 36.6 Å². The van der Waals surface area contributed by atoms with Crippen LogP contribution in [0.3, 0.4) is 0 Å². The molecule has 1 atom stereocenters. The van der Waals surface area contributed by atoms with Gasteiger partial charge in [-0.15, -0.1) is 0 Å². The summed E-state index contributed by atoms with van der Waals surface area (Å²) >= 11 is 6.63. The maximum Gasteiger partial charge on any atom is 0.327 e. The minimum Gasteiger partial charge on any atom is -0.468 e. The fourth-order valence-electron chi connectivity index (χ4n) is 1.02. The molecule has 0 aliphatic heterocycles. The Morgan fingerprint density at radius 1 is 1.36 bits per heavy atom. The lowest BCUT2D eigenvalue weighted by Crippen LogP contribution is -2.22. The average Bonchev–Trinajstić information content (AvgIpc) is 2.14. The molecule has 76 valence electrons. The first kappa shape index (κ1) is 11.7. The number of ether oxygens (including phenoxy) is 1. The van der Waals surface area contributed by atoms with Crippen molar-refractivity contribution in [3.63, 3.8) is 0 Å². The second-order valence-corrected chi connectivity index (χ2v) is 4.53. The highest BCUT2D eigenvalue weighted by atomic mass is 79.9. The Balaban J connectivity index is 3.00. The van der Waals surface area contributed by atoms with Crippen LogP contribution in [0.15, 0.2) is 27.1 Å². The van der Waals surface area contributed by atoms with E-state index in [9.17, 15) is 4.79 Å². The highest BCUT2D eigenvalue weighted by molar-refractivity contribution is 9.11. The zero-order chi connectivity index (χ0) is 10.7. The van der Waals surface area contributed by atoms with Crippen molar-refractivity contribution in [1.82, 2.24) is 0 Å². The Kier molecular flexibility index (Phi) is 4.10. The van der Waals surface area contributed by atoms with Crippen LogP contribution >= 0.6 is 31.9 Å². The largest absolute Gasteiger partial charge is 0.468 e. The van der Waals surface area contributed by atoms with Crippen molar-refractivity contribution in [2.45, 2.75) is 6.04 Å². The van der Waals surface area contributed by atoms with Crippen LogP contribution in [-0.4, -0.2) is 13.1 Å². The molecule has 1 aromatic rings. The minimum atomic E-state index is -0.742. The predicted octanol–water partition coefficient (Wildman–Crippen LogP) is 2.38. The lowest BCUT2D eigenvalue weighted by Gasteiger charge is -2.10. The molecule has 0 radical (unpaired) electrons. The highest BCUT2D eigenvalue weighted by Gasteiger charge is 2.16. The normalized spacial score (nSPS) is 12.3. The van der Waals surface area contributed by atoms with E-state index >= 15 is 0 Å². The monoisotopic (exact) mass is 321 g/mol. The second kappa shape index (κ2) is 4.91. The molecule has 0 aliphatic carbocycles. The summed E-state index contributed by atoms with van der Waals surface area (Å²) in [4.78, 5) is 11.2. The zero-order valence-electron chi connectivity index (χ0n) is 7.46. The van der Waals surface area contributed by atoms with Gasteiger partial charge >= 0.3 is 5.97 Å². The maximum absolute atomic E-state index is 11.2. The maximum atomic E-state index is 11.2. The van der Waals surface area contributed by atoms with Crippen molar-refractivity contribution in [1.29, 1.82) is 0 Å². The molecule has 0 saturated carbocycles. The SMILES string of the molecule is COC(=O)C(N)c1cc(Br)cc(Br)c1. The van der Waals surface area contributed by atoms with Gasteiger partial charge < -0.3 is 10.5 Å². The molecule has 0 amide bonds. The Bertz CT molecular complexity index is 334. The summed E-state index contributed by atoms with van der Waals surface area (Å²) in [6, 6.07) is 4.69. The van der Waals surface area contributed by atoms with Crippen molar-refractivity contribution < 1.29 is 9.53 Å². The number of carbonyl (C=O) groups excluding carboxylic acids is 1. The van der Waals surface area contributed by atoms with Gasteiger partial charge in [0.25, 0.3) is 0 Å². The standard InChI is InChI=1S/C9H9Br2NO2/c1-14-9(13)8(12)5-2-6(10)4-7(11)3-5/h2-4,8H,12H2,1H3. The summed E-state index contributed by atoms with van der Waals surface area (Å²) in [7, 11) is 1.31. The van der Waals surface area contributed by atoms with Gasteiger partial charge in [-0.2, -0.15) is 0 Å². The molecule has 14 heavy (non-hydrogen) atoms. The third-order valence-corrected chi connectivity index (χ3v) is 2.61. The highest BCUT2D eigenvalue weighted by Crippen LogP contribution is 2.23. The molecular weight excluding hydrogens is 314 g/mol. The summed E-state index contributed by atoms with van der Waals surface area (Å²) in [5.74, 6) is -0.449. The molecule has 0 aliphatic rings. The van der Waals surface area contributed by atoms with Gasteiger partial charge in [-0.25, -0.2) is 0 Å². The molecule has 1 unspecified atom stereocenters. The van der Waals surface area contributed by atoms with E-state index in [0.717, 1.165) is 8.95 Å². The van der Waals surface area contributed by atoms with Crippen molar-refractivity contribution in [2.75, 3.05) is 7.11 Å². The van der Waals surface area contributed by atoms with Gasteiger partial charge in [-0.3, -0.25) is 4.79 Å². The summed E-state index contributed by atoms with van der Waals surface area (Å²) < 4.78 is 6.28. The van der Waals surface area contributed by atoms with Crippen LogP contribution in [0.5, 0.6) is 0 Å². The quantitative estimate of drug-likeness (QED) is 0.851. The minimum absolute atomic E-state index is 0.449. The first-order valence-electron chi connectivity index (χ1n) is 3.84. The van der Waals surface area contributed by atoms with Crippen LogP contribution in [-0.2, 0) is 9.53 Å². The van der Waals surface area contributed by atoms with E-state index in [1.807, 2.05) is 6.07 Å². The molecule has 3 nitrogen and oxygen atoms in total. The van der Waals surface area contributed by atoms with E-state index in [-0.39, 0.29) is 0 Å². The van der Waals surface area contributed by atoms with Gasteiger partial charge in [-0.1, -0.05) is 31.9 Å². The summed E-state index contributed by atoms with van der Waals surface area (Å²) in [6.45, 7) is 0. The topological polar surface area (TPSA) is 52.3 Å². The second-order valence-electron chi connectivity index (χ2n) is 2.70. The number of nitrogens with two attached hydrogens (primary N) is 1. The average molecular weight is 323 g/mol. The number of carbonyl (C=O) groups is 1. The Morgan fingerprint density at radius 2 is 1.86 bits per heavy atom. The summed E-state index contributed by atoms with van der Waals surface area (Å²) in [5, 5.41) is 0. The van der Waals surface area contributed by atoms with Gasteiger partial charge in [0, 0.05) is 8.95 Å². The third kappa shape index (κ3) is 2.80. The number of rotatable bonds is 2. The van der Waals surface area contributed by atoms with Crippen LogP contribution in [0.1, 0.15) is 11.6 Å². The Labute approximate surface area is 98.9 Å². The molecular formula is C9H9Br2NO2. The van der Waals surface area contributed by atoms with Crippen LogP contribution in [0.25, 0.3) is 0 Å². The van der Waals surface area contributed by atoms with Gasteiger partial charge in [0.05, 0.1) is 7.11 Å². The van der Waals surface area contributed by atoms with Crippen LogP contribution in [0.4, 0.5) is 0 Å². The van der Waals surface area contributed by atoms with Crippen molar-refractivity contribution in [3.05, 3.63) is 32.7 Å². The molecule has 1 rings (SSSR count). The molecule has 0 fully saturated rings. The van der Waals surface area contributed by atoms with E-state index < -0.39 is 12.0 Å². The fraction of sp³-hybridized carbons (Fsp3) is 0.222. The van der Waals surface area contributed by atoms with Crippen LogP contribution in [0, 0.1) is 0 Å². The van der Waals surface area contributed by atoms with Crippen LogP contribution < -0.4 is 5.73 Å². The lowest BCUT2D eigenvalue weighted by atomic mass is 10.1. The van der Waals surface area contributed by atoms with E-state index in [1.165, 1.54) is 7.11 Å². The number of esters is 1. The molecule has 0 bridgehead atoms. The first-order chi connectivity index (χ1) is 6.54. The molecule has 0 saturated heterocycles. The number of halogens is 2. The molecule has 0 aromatic heterocycles. The molecule has 1 aromatic carbocycles. The van der Waals surface area contributed by atoms with Crippen molar-refractivity contribution >= 4 is 37.8 Å². The number of hydrogen-bond acceptors (Lipinski definition) is 3. The smallest absolute Gasteiger partial charge is 0.327 e. The van der Waals surface area contributed by atoms with Gasteiger partial charge in [0.15, 0.2) is 0 Å². The van der Waals surface area contributed by atoms with Gasteiger partial charge in [0.1, 0.15) is 6.04 Å². The third-order valence-electron chi connectivity index (χ3n) is 1.70. The summed E-state index contributed by atoms with van der Waals surface area (Å²) in [5.41, 5.74) is 6.38. The lowest BCUT2D eigenvalue weighted by molar-refractivity contribution is -0.142. The number of benzene rings is 1. The summed E-state index contributed by atoms with van der Waals surface area (Å²) in [6.07, 6.45) is 0. The Morgan fingerprint density at radius 3 is 2.29 bits per heavy atom.